The fourth-order valence-corrected chi connectivity index (χ4v) is 4.47. The fraction of sp³-hybridized carbons (Fsp3) is 0.579. The van der Waals surface area contributed by atoms with Gasteiger partial charge in [-0.25, -0.2) is 0 Å². The predicted molar refractivity (Wildman–Crippen MR) is 110 cm³/mol. The summed E-state index contributed by atoms with van der Waals surface area (Å²) in [7, 11) is 3.92. The highest BCUT2D eigenvalue weighted by Crippen LogP contribution is 2.22. The van der Waals surface area contributed by atoms with Gasteiger partial charge >= 0.3 is 0 Å². The second-order valence-electron chi connectivity index (χ2n) is 6.53. The Bertz CT molecular complexity index is 726. The molecular weight excluding hydrogens is 344 g/mol. The van der Waals surface area contributed by atoms with Gasteiger partial charge in [-0.1, -0.05) is 13.8 Å². The Morgan fingerprint density at radius 1 is 1.23 bits per heavy atom. The largest absolute Gasteiger partial charge is 0.360 e. The number of aryl methyl sites for hydroxylation is 2. The highest BCUT2D eigenvalue weighted by atomic mass is 32.1. The van der Waals surface area contributed by atoms with E-state index >= 15 is 0 Å². The maximum Gasteiger partial charge on any atom is 0.194 e. The molecule has 26 heavy (non-hydrogen) atoms. The normalized spacial score (nSPS) is 15.6. The van der Waals surface area contributed by atoms with E-state index in [1.807, 2.05) is 30.1 Å². The Labute approximate surface area is 160 Å². The van der Waals surface area contributed by atoms with Crippen LogP contribution in [0.1, 0.15) is 30.8 Å². The van der Waals surface area contributed by atoms with Gasteiger partial charge in [-0.2, -0.15) is 5.10 Å². The summed E-state index contributed by atoms with van der Waals surface area (Å²) in [6, 6.07) is 4.33. The zero-order valence-electron chi connectivity index (χ0n) is 16.3. The molecule has 1 aliphatic rings. The van der Waals surface area contributed by atoms with Crippen LogP contribution in [0.3, 0.4) is 0 Å². The van der Waals surface area contributed by atoms with Gasteiger partial charge in [0.15, 0.2) is 5.96 Å². The van der Waals surface area contributed by atoms with Gasteiger partial charge in [0.05, 0.1) is 10.7 Å². The van der Waals surface area contributed by atoms with Crippen LogP contribution in [0.5, 0.6) is 0 Å². The van der Waals surface area contributed by atoms with Crippen molar-refractivity contribution in [3.63, 3.8) is 0 Å². The summed E-state index contributed by atoms with van der Waals surface area (Å²) in [5, 5.41) is 11.8. The first-order valence-electron chi connectivity index (χ1n) is 9.45. The van der Waals surface area contributed by atoms with Crippen LogP contribution in [-0.2, 0) is 26.4 Å². The Morgan fingerprint density at radius 2 is 2.00 bits per heavy atom. The molecule has 7 heteroatoms. The topological polar surface area (TPSA) is 48.7 Å². The highest BCUT2D eigenvalue weighted by Gasteiger charge is 2.21. The van der Waals surface area contributed by atoms with E-state index in [2.05, 4.69) is 56.6 Å². The summed E-state index contributed by atoms with van der Waals surface area (Å²) in [5.41, 5.74) is 3.83. The number of rotatable bonds is 5. The third-order valence-corrected chi connectivity index (χ3v) is 5.99. The Hall–Kier alpha value is -2.02. The maximum absolute atomic E-state index is 4.67. The van der Waals surface area contributed by atoms with Crippen molar-refractivity contribution < 1.29 is 0 Å². The van der Waals surface area contributed by atoms with Crippen LogP contribution in [0.15, 0.2) is 22.5 Å². The molecule has 2 aromatic rings. The van der Waals surface area contributed by atoms with E-state index in [0.717, 1.165) is 51.5 Å². The SMILES string of the molecule is CCc1nn(C)c(CC)c1CNC(=NC)N1CCN(c2cccs2)CC1. The molecule has 3 rings (SSSR count). The first-order chi connectivity index (χ1) is 12.7. The zero-order chi connectivity index (χ0) is 18.5. The molecule has 0 spiro atoms. The van der Waals surface area contributed by atoms with Crippen LogP contribution >= 0.6 is 11.3 Å². The first kappa shape index (κ1) is 18.8. The van der Waals surface area contributed by atoms with Crippen LogP contribution in [0.4, 0.5) is 5.00 Å². The van der Waals surface area contributed by atoms with E-state index in [1.54, 1.807) is 0 Å². The van der Waals surface area contributed by atoms with Gasteiger partial charge in [-0.05, 0) is 30.4 Å². The van der Waals surface area contributed by atoms with Crippen molar-refractivity contribution in [1.82, 2.24) is 20.0 Å². The Morgan fingerprint density at radius 3 is 2.58 bits per heavy atom. The maximum atomic E-state index is 4.67. The standard InChI is InChI=1S/C19H30N6S/c1-5-16-15(17(6-2)23(4)22-16)14-21-19(20-3)25-11-9-24(10-12-25)18-8-7-13-26-18/h7-8,13H,5-6,9-12,14H2,1-4H3,(H,20,21). The molecule has 1 fully saturated rings. The number of guanidine groups is 1. The summed E-state index contributed by atoms with van der Waals surface area (Å²) in [6.07, 6.45) is 1.96. The predicted octanol–water partition coefficient (Wildman–Crippen LogP) is 2.50. The van der Waals surface area contributed by atoms with Gasteiger partial charge in [0.2, 0.25) is 0 Å². The lowest BCUT2D eigenvalue weighted by atomic mass is 10.1. The monoisotopic (exact) mass is 374 g/mol. The van der Waals surface area contributed by atoms with Crippen LogP contribution in [0, 0.1) is 0 Å². The van der Waals surface area contributed by atoms with E-state index in [4.69, 9.17) is 0 Å². The number of hydrogen-bond acceptors (Lipinski definition) is 4. The average molecular weight is 375 g/mol. The van der Waals surface area contributed by atoms with E-state index in [0.29, 0.717) is 0 Å². The lowest BCUT2D eigenvalue weighted by Gasteiger charge is -2.37. The molecule has 0 bridgehead atoms. The molecule has 1 N–H and O–H groups in total. The highest BCUT2D eigenvalue weighted by molar-refractivity contribution is 7.14. The summed E-state index contributed by atoms with van der Waals surface area (Å²) < 4.78 is 2.03. The molecule has 0 atom stereocenters. The smallest absolute Gasteiger partial charge is 0.194 e. The van der Waals surface area contributed by atoms with Crippen molar-refractivity contribution in [2.24, 2.45) is 12.0 Å². The third-order valence-electron chi connectivity index (χ3n) is 5.06. The fourth-order valence-electron chi connectivity index (χ4n) is 3.68. The van der Waals surface area contributed by atoms with Crippen molar-refractivity contribution in [3.05, 3.63) is 34.5 Å². The van der Waals surface area contributed by atoms with Crippen molar-refractivity contribution in [1.29, 1.82) is 0 Å². The summed E-state index contributed by atoms with van der Waals surface area (Å²) in [6.45, 7) is 9.21. The number of aliphatic imine (C=N–C) groups is 1. The zero-order valence-corrected chi connectivity index (χ0v) is 17.1. The minimum absolute atomic E-state index is 0.790. The lowest BCUT2D eigenvalue weighted by Crippen LogP contribution is -2.52. The van der Waals surface area contributed by atoms with E-state index in [9.17, 15) is 0 Å². The number of nitrogens with zero attached hydrogens (tertiary/aromatic N) is 5. The van der Waals surface area contributed by atoms with Gasteiger partial charge in [-0.3, -0.25) is 9.67 Å². The van der Waals surface area contributed by atoms with Gasteiger partial charge in [0.25, 0.3) is 0 Å². The molecule has 0 radical (unpaired) electrons. The molecule has 0 amide bonds. The van der Waals surface area contributed by atoms with Crippen molar-refractivity contribution in [2.75, 3.05) is 38.1 Å². The van der Waals surface area contributed by atoms with Gasteiger partial charge in [0, 0.05) is 58.1 Å². The molecule has 2 aromatic heterocycles. The minimum Gasteiger partial charge on any atom is -0.360 e. The van der Waals surface area contributed by atoms with Crippen molar-refractivity contribution in [3.8, 4) is 0 Å². The van der Waals surface area contributed by atoms with Crippen molar-refractivity contribution in [2.45, 2.75) is 33.2 Å². The van der Waals surface area contributed by atoms with E-state index in [-0.39, 0.29) is 0 Å². The summed E-state index contributed by atoms with van der Waals surface area (Å²) in [4.78, 5) is 9.34. The number of anilines is 1. The van der Waals surface area contributed by atoms with Crippen LogP contribution in [-0.4, -0.2) is 53.9 Å². The van der Waals surface area contributed by atoms with Crippen LogP contribution in [0.25, 0.3) is 0 Å². The van der Waals surface area contributed by atoms with Crippen molar-refractivity contribution >= 4 is 22.3 Å². The van der Waals surface area contributed by atoms with E-state index in [1.165, 1.54) is 22.0 Å². The second kappa shape index (κ2) is 8.58. The molecular formula is C19H30N6S. The third kappa shape index (κ3) is 3.87. The van der Waals surface area contributed by atoms with E-state index < -0.39 is 0 Å². The molecule has 3 heterocycles. The first-order valence-corrected chi connectivity index (χ1v) is 10.3. The van der Waals surface area contributed by atoms with Crippen LogP contribution < -0.4 is 10.2 Å². The Kier molecular flexibility index (Phi) is 6.19. The summed E-state index contributed by atoms with van der Waals surface area (Å²) in [5.74, 6) is 0.990. The number of hydrogen-bond donors (Lipinski definition) is 1. The number of thiophene rings is 1. The lowest BCUT2D eigenvalue weighted by molar-refractivity contribution is 0.373. The number of piperazine rings is 1. The molecule has 0 unspecified atom stereocenters. The molecule has 1 saturated heterocycles. The van der Waals surface area contributed by atoms with Crippen LogP contribution in [0.2, 0.25) is 0 Å². The molecule has 0 saturated carbocycles. The minimum atomic E-state index is 0.790. The molecule has 0 aromatic carbocycles. The molecule has 0 aliphatic carbocycles. The molecule has 6 nitrogen and oxygen atoms in total. The summed E-state index contributed by atoms with van der Waals surface area (Å²) >= 11 is 1.82. The number of nitrogens with one attached hydrogen (secondary N) is 1. The second-order valence-corrected chi connectivity index (χ2v) is 7.45. The van der Waals surface area contributed by atoms with Gasteiger partial charge in [-0.15, -0.1) is 11.3 Å². The quantitative estimate of drug-likeness (QED) is 0.645. The Balaban J connectivity index is 1.61. The van der Waals surface area contributed by atoms with Gasteiger partial charge in [0.1, 0.15) is 0 Å². The molecule has 142 valence electrons. The molecule has 1 aliphatic heterocycles. The van der Waals surface area contributed by atoms with Gasteiger partial charge < -0.3 is 15.1 Å². The average Bonchev–Trinajstić information content (AvgIpc) is 3.30. The number of aromatic nitrogens is 2.